The largest absolute Gasteiger partial charge is 0.482 e. The molecule has 2 aromatic carbocycles. The average Bonchev–Trinajstić information content (AvgIpc) is 2.72. The highest BCUT2D eigenvalue weighted by molar-refractivity contribution is 5.98. The van der Waals surface area contributed by atoms with E-state index in [0.717, 1.165) is 5.56 Å². The van der Waals surface area contributed by atoms with Gasteiger partial charge in [-0.2, -0.15) is 0 Å². The molecule has 1 atom stereocenters. The van der Waals surface area contributed by atoms with E-state index in [1.807, 2.05) is 42.5 Å². The van der Waals surface area contributed by atoms with Crippen LogP contribution in [-0.4, -0.2) is 42.1 Å². The van der Waals surface area contributed by atoms with Crippen LogP contribution in [0.15, 0.2) is 54.6 Å². The summed E-state index contributed by atoms with van der Waals surface area (Å²) >= 11 is 0. The van der Waals surface area contributed by atoms with Gasteiger partial charge < -0.3 is 20.1 Å². The summed E-state index contributed by atoms with van der Waals surface area (Å²) < 4.78 is 5.41. The highest BCUT2D eigenvalue weighted by Gasteiger charge is 2.25. The van der Waals surface area contributed by atoms with Gasteiger partial charge in [-0.3, -0.25) is 14.4 Å². The Hall–Kier alpha value is -3.35. The summed E-state index contributed by atoms with van der Waals surface area (Å²) in [6, 6.07) is 16.6. The number of ether oxygens (including phenoxy) is 1. The summed E-state index contributed by atoms with van der Waals surface area (Å²) in [4.78, 5) is 37.3. The van der Waals surface area contributed by atoms with Crippen molar-refractivity contribution in [3.05, 3.63) is 60.2 Å². The van der Waals surface area contributed by atoms with E-state index in [2.05, 4.69) is 5.32 Å². The molecule has 0 saturated heterocycles. The lowest BCUT2D eigenvalue weighted by atomic mass is 10.0. The molecule has 1 heterocycles. The van der Waals surface area contributed by atoms with Crippen LogP contribution in [0, 0.1) is 0 Å². The van der Waals surface area contributed by atoms with Crippen LogP contribution in [0.4, 0.5) is 5.69 Å². The van der Waals surface area contributed by atoms with Gasteiger partial charge in [0.2, 0.25) is 5.91 Å². The Balaban J connectivity index is 1.59. The monoisotopic (exact) mass is 396 g/mol. The van der Waals surface area contributed by atoms with Gasteiger partial charge in [0.05, 0.1) is 5.69 Å². The summed E-state index contributed by atoms with van der Waals surface area (Å²) in [6.07, 6.45) is 1.00. The zero-order valence-corrected chi connectivity index (χ0v) is 16.0. The zero-order valence-electron chi connectivity index (χ0n) is 16.0. The highest BCUT2D eigenvalue weighted by atomic mass is 16.5. The Morgan fingerprint density at radius 2 is 1.79 bits per heavy atom. The fourth-order valence-electron chi connectivity index (χ4n) is 3.33. The highest BCUT2D eigenvalue weighted by Crippen LogP contribution is 2.31. The van der Waals surface area contributed by atoms with Crippen molar-refractivity contribution in [3.63, 3.8) is 0 Å². The number of anilines is 1. The number of fused-ring (bicyclic) bond motifs is 1. The minimum Gasteiger partial charge on any atom is -0.482 e. The van der Waals surface area contributed by atoms with Gasteiger partial charge in [-0.1, -0.05) is 42.5 Å². The number of nitrogens with zero attached hydrogens (tertiary/aromatic N) is 1. The van der Waals surface area contributed by atoms with Gasteiger partial charge in [-0.05, 0) is 30.5 Å². The molecule has 1 aliphatic rings. The van der Waals surface area contributed by atoms with Crippen LogP contribution in [-0.2, 0) is 20.8 Å². The summed E-state index contributed by atoms with van der Waals surface area (Å²) in [7, 11) is 0. The van der Waals surface area contributed by atoms with E-state index >= 15 is 0 Å². The topological polar surface area (TPSA) is 95.9 Å². The van der Waals surface area contributed by atoms with Crippen LogP contribution in [0.1, 0.15) is 24.8 Å². The van der Waals surface area contributed by atoms with E-state index in [9.17, 15) is 14.4 Å². The Bertz CT molecular complexity index is 869. The SMILES string of the molecule is O=C(O)CCC(Cc1ccccc1)NC(=O)CCN1C(=O)COc2ccccc21. The van der Waals surface area contributed by atoms with Crippen molar-refractivity contribution in [3.8, 4) is 5.75 Å². The number of para-hydroxylation sites is 2. The predicted molar refractivity (Wildman–Crippen MR) is 108 cm³/mol. The standard InChI is InChI=1S/C22H24N2O5/c25-20(12-13-24-18-8-4-5-9-19(18)29-15-21(24)26)23-17(10-11-22(27)28)14-16-6-2-1-3-7-16/h1-9,17H,10-15H2,(H,23,25)(H,27,28). The minimum absolute atomic E-state index is 0.0207. The number of rotatable bonds is 9. The van der Waals surface area contributed by atoms with Crippen molar-refractivity contribution in [2.24, 2.45) is 0 Å². The number of benzene rings is 2. The van der Waals surface area contributed by atoms with Gasteiger partial charge in [0.1, 0.15) is 5.75 Å². The van der Waals surface area contributed by atoms with E-state index < -0.39 is 5.97 Å². The Kier molecular flexibility index (Phi) is 6.84. The van der Waals surface area contributed by atoms with Crippen LogP contribution in [0.25, 0.3) is 0 Å². The number of nitrogens with one attached hydrogen (secondary N) is 1. The molecular weight excluding hydrogens is 372 g/mol. The Morgan fingerprint density at radius 3 is 2.55 bits per heavy atom. The molecule has 7 nitrogen and oxygen atoms in total. The smallest absolute Gasteiger partial charge is 0.303 e. The summed E-state index contributed by atoms with van der Waals surface area (Å²) in [5.74, 6) is -0.681. The Morgan fingerprint density at radius 1 is 1.07 bits per heavy atom. The number of hydrogen-bond acceptors (Lipinski definition) is 4. The van der Waals surface area contributed by atoms with Crippen LogP contribution in [0.3, 0.4) is 0 Å². The maximum atomic E-state index is 12.5. The second kappa shape index (κ2) is 9.73. The summed E-state index contributed by atoms with van der Waals surface area (Å²) in [5, 5.41) is 11.9. The number of carboxylic acid groups (broad SMARTS) is 1. The van der Waals surface area contributed by atoms with Gasteiger partial charge in [0.15, 0.2) is 6.61 Å². The van der Waals surface area contributed by atoms with Gasteiger partial charge in [0, 0.05) is 25.4 Å². The van der Waals surface area contributed by atoms with Gasteiger partial charge in [0.25, 0.3) is 5.91 Å². The molecule has 0 aromatic heterocycles. The zero-order chi connectivity index (χ0) is 20.6. The van der Waals surface area contributed by atoms with Crippen molar-refractivity contribution in [2.75, 3.05) is 18.1 Å². The summed E-state index contributed by atoms with van der Waals surface area (Å²) in [5.41, 5.74) is 1.68. The van der Waals surface area contributed by atoms with Crippen LogP contribution in [0.5, 0.6) is 5.75 Å². The number of carboxylic acids is 1. The molecule has 2 aromatic rings. The fraction of sp³-hybridized carbons (Fsp3) is 0.318. The first kappa shape index (κ1) is 20.4. The van der Waals surface area contributed by atoms with Crippen LogP contribution in [0.2, 0.25) is 0 Å². The lowest BCUT2D eigenvalue weighted by Crippen LogP contribution is -2.42. The number of hydrogen-bond donors (Lipinski definition) is 2. The second-order valence-electron chi connectivity index (χ2n) is 6.94. The third-order valence-corrected chi connectivity index (χ3v) is 4.77. The van der Waals surface area contributed by atoms with Crippen LogP contribution >= 0.6 is 0 Å². The molecule has 0 saturated carbocycles. The fourth-order valence-corrected chi connectivity index (χ4v) is 3.33. The first-order valence-corrected chi connectivity index (χ1v) is 9.60. The predicted octanol–water partition coefficient (Wildman–Crippen LogP) is 2.39. The molecular formula is C22H24N2O5. The lowest BCUT2D eigenvalue weighted by Gasteiger charge is -2.29. The molecule has 2 N–H and O–H groups in total. The molecule has 2 amide bonds. The van der Waals surface area contributed by atoms with Gasteiger partial charge in [-0.15, -0.1) is 0 Å². The molecule has 0 aliphatic carbocycles. The van der Waals surface area contributed by atoms with Crippen molar-refractivity contribution >= 4 is 23.5 Å². The molecule has 7 heteroatoms. The molecule has 29 heavy (non-hydrogen) atoms. The van der Waals surface area contributed by atoms with Gasteiger partial charge in [-0.25, -0.2) is 0 Å². The number of carbonyl (C=O) groups is 3. The number of aliphatic carboxylic acids is 1. The Labute approximate surface area is 169 Å². The van der Waals surface area contributed by atoms with Crippen molar-refractivity contribution in [2.45, 2.75) is 31.7 Å². The maximum Gasteiger partial charge on any atom is 0.303 e. The van der Waals surface area contributed by atoms with E-state index in [1.54, 1.807) is 17.0 Å². The molecule has 0 bridgehead atoms. The quantitative estimate of drug-likeness (QED) is 0.679. The maximum absolute atomic E-state index is 12.5. The minimum atomic E-state index is -0.896. The molecule has 0 fully saturated rings. The molecule has 1 aliphatic heterocycles. The average molecular weight is 396 g/mol. The van der Waals surface area contributed by atoms with E-state index in [-0.39, 0.29) is 43.8 Å². The third-order valence-electron chi connectivity index (χ3n) is 4.77. The van der Waals surface area contributed by atoms with E-state index in [4.69, 9.17) is 9.84 Å². The molecule has 1 unspecified atom stereocenters. The first-order chi connectivity index (χ1) is 14.0. The molecule has 3 rings (SSSR count). The van der Waals surface area contributed by atoms with Crippen molar-refractivity contribution < 1.29 is 24.2 Å². The summed E-state index contributed by atoms with van der Waals surface area (Å²) in [6.45, 7) is 0.190. The van der Waals surface area contributed by atoms with Crippen LogP contribution < -0.4 is 15.0 Å². The molecule has 0 radical (unpaired) electrons. The third kappa shape index (κ3) is 5.81. The number of amides is 2. The van der Waals surface area contributed by atoms with E-state index in [0.29, 0.717) is 24.3 Å². The second-order valence-corrected chi connectivity index (χ2v) is 6.94. The van der Waals surface area contributed by atoms with Crippen molar-refractivity contribution in [1.29, 1.82) is 0 Å². The number of carbonyl (C=O) groups excluding carboxylic acids is 2. The van der Waals surface area contributed by atoms with Crippen molar-refractivity contribution in [1.82, 2.24) is 5.32 Å². The normalized spacial score (nSPS) is 13.9. The van der Waals surface area contributed by atoms with Gasteiger partial charge >= 0.3 is 5.97 Å². The van der Waals surface area contributed by atoms with E-state index in [1.165, 1.54) is 0 Å². The lowest BCUT2D eigenvalue weighted by molar-refractivity contribution is -0.137. The molecule has 0 spiro atoms. The molecule has 152 valence electrons. The first-order valence-electron chi connectivity index (χ1n) is 9.60.